The van der Waals surface area contributed by atoms with Crippen LogP contribution >= 0.6 is 23.1 Å². The van der Waals surface area contributed by atoms with Gasteiger partial charge in [-0.05, 0) is 33.7 Å². The number of rotatable bonds is 6. The smallest absolute Gasteiger partial charge is 0.162 e. The molecule has 0 aliphatic carbocycles. The van der Waals surface area contributed by atoms with Crippen molar-refractivity contribution in [1.29, 1.82) is 0 Å². The summed E-state index contributed by atoms with van der Waals surface area (Å²) in [6, 6.07) is 28.8. The summed E-state index contributed by atoms with van der Waals surface area (Å²) in [6.07, 6.45) is 0. The molecule has 0 atom stereocenters. The van der Waals surface area contributed by atoms with E-state index >= 15 is 0 Å². The van der Waals surface area contributed by atoms with Crippen LogP contribution in [0.15, 0.2) is 89.3 Å². The Bertz CT molecular complexity index is 1150. The molecule has 0 spiro atoms. The Hall–Kier alpha value is -3.03. The summed E-state index contributed by atoms with van der Waals surface area (Å²) in [5, 5.41) is 12.6. The minimum Gasteiger partial charge on any atom is -0.230 e. The van der Waals surface area contributed by atoms with Gasteiger partial charge >= 0.3 is 0 Å². The standard InChI is InChI=1S/C22H17N5S2/c1-3-9-16(10-4-1)21(17-11-5-2-6-12-17)27-20(24-25-26-27)15-28-22-23-18-13-7-8-14-19(18)29-22/h1-14,21H,15H2. The van der Waals surface area contributed by atoms with Crippen molar-refractivity contribution in [2.75, 3.05) is 0 Å². The highest BCUT2D eigenvalue weighted by molar-refractivity contribution is 8.00. The number of thioether (sulfide) groups is 1. The van der Waals surface area contributed by atoms with Gasteiger partial charge in [0.2, 0.25) is 0 Å². The lowest BCUT2D eigenvalue weighted by atomic mass is 9.99. The first-order chi connectivity index (χ1) is 14.4. The van der Waals surface area contributed by atoms with E-state index in [1.54, 1.807) is 23.1 Å². The third-order valence-electron chi connectivity index (χ3n) is 4.64. The second kappa shape index (κ2) is 8.14. The van der Waals surface area contributed by atoms with Gasteiger partial charge in [0.15, 0.2) is 10.2 Å². The first-order valence-corrected chi connectivity index (χ1v) is 11.0. The molecule has 0 N–H and O–H groups in total. The normalized spacial score (nSPS) is 11.3. The van der Waals surface area contributed by atoms with Crippen LogP contribution in [-0.4, -0.2) is 25.2 Å². The van der Waals surface area contributed by atoms with E-state index in [1.807, 2.05) is 59.3 Å². The highest BCUT2D eigenvalue weighted by Crippen LogP contribution is 2.32. The summed E-state index contributed by atoms with van der Waals surface area (Å²) >= 11 is 3.37. The average molecular weight is 416 g/mol. The molecule has 0 saturated heterocycles. The summed E-state index contributed by atoms with van der Waals surface area (Å²) in [6.45, 7) is 0. The van der Waals surface area contributed by atoms with E-state index in [0.717, 1.165) is 26.8 Å². The van der Waals surface area contributed by atoms with Gasteiger partial charge in [0.1, 0.15) is 6.04 Å². The first-order valence-electron chi connectivity index (χ1n) is 9.23. The van der Waals surface area contributed by atoms with Crippen LogP contribution in [-0.2, 0) is 5.75 Å². The van der Waals surface area contributed by atoms with Crippen LogP contribution in [0.2, 0.25) is 0 Å². The van der Waals surface area contributed by atoms with E-state index in [1.165, 1.54) is 4.70 Å². The minimum absolute atomic E-state index is 0.0710. The summed E-state index contributed by atoms with van der Waals surface area (Å²) in [7, 11) is 0. The quantitative estimate of drug-likeness (QED) is 0.356. The largest absolute Gasteiger partial charge is 0.230 e. The second-order valence-corrected chi connectivity index (χ2v) is 8.75. The minimum atomic E-state index is -0.0710. The van der Waals surface area contributed by atoms with Gasteiger partial charge in [-0.15, -0.1) is 16.4 Å². The van der Waals surface area contributed by atoms with Crippen molar-refractivity contribution in [3.63, 3.8) is 0 Å². The molecule has 5 rings (SSSR count). The average Bonchev–Trinajstić information content (AvgIpc) is 3.40. The van der Waals surface area contributed by atoms with Crippen molar-refractivity contribution in [2.45, 2.75) is 16.1 Å². The summed E-state index contributed by atoms with van der Waals surface area (Å²) in [5.41, 5.74) is 3.33. The second-order valence-electron chi connectivity index (χ2n) is 6.50. The Kier molecular flexibility index (Phi) is 5.06. The molecule has 0 bridgehead atoms. The van der Waals surface area contributed by atoms with Crippen molar-refractivity contribution in [3.8, 4) is 0 Å². The fraction of sp³-hybridized carbons (Fsp3) is 0.0909. The summed E-state index contributed by atoms with van der Waals surface area (Å²) < 4.78 is 4.14. The van der Waals surface area contributed by atoms with Crippen LogP contribution in [0.25, 0.3) is 10.2 Å². The van der Waals surface area contributed by atoms with Gasteiger partial charge in [0, 0.05) is 0 Å². The number of fused-ring (bicyclic) bond motifs is 1. The van der Waals surface area contributed by atoms with Crippen LogP contribution in [0.3, 0.4) is 0 Å². The number of benzene rings is 3. The van der Waals surface area contributed by atoms with Crippen molar-refractivity contribution in [1.82, 2.24) is 25.2 Å². The molecule has 0 unspecified atom stereocenters. The molecule has 7 heteroatoms. The van der Waals surface area contributed by atoms with Gasteiger partial charge in [-0.3, -0.25) is 0 Å². The maximum Gasteiger partial charge on any atom is 0.162 e. The zero-order valence-corrected chi connectivity index (χ0v) is 17.1. The van der Waals surface area contributed by atoms with Gasteiger partial charge < -0.3 is 0 Å². The summed E-state index contributed by atoms with van der Waals surface area (Å²) in [4.78, 5) is 4.71. The zero-order valence-electron chi connectivity index (χ0n) is 15.4. The van der Waals surface area contributed by atoms with Crippen LogP contribution < -0.4 is 0 Å². The van der Waals surface area contributed by atoms with E-state index < -0.39 is 0 Å². The van der Waals surface area contributed by atoms with E-state index in [-0.39, 0.29) is 6.04 Å². The lowest BCUT2D eigenvalue weighted by Crippen LogP contribution is -2.16. The Morgan fingerprint density at radius 1 is 0.828 bits per heavy atom. The highest BCUT2D eigenvalue weighted by atomic mass is 32.2. The molecule has 3 aromatic carbocycles. The molecule has 0 fully saturated rings. The van der Waals surface area contributed by atoms with E-state index in [0.29, 0.717) is 5.75 Å². The Balaban J connectivity index is 1.46. The monoisotopic (exact) mass is 415 g/mol. The van der Waals surface area contributed by atoms with Crippen LogP contribution in [0.4, 0.5) is 0 Å². The number of hydrogen-bond acceptors (Lipinski definition) is 6. The molecule has 5 aromatic rings. The van der Waals surface area contributed by atoms with E-state index in [9.17, 15) is 0 Å². The van der Waals surface area contributed by atoms with E-state index in [2.05, 4.69) is 45.9 Å². The number of hydrogen-bond donors (Lipinski definition) is 0. The Labute approximate surface area is 176 Å². The van der Waals surface area contributed by atoms with Gasteiger partial charge in [0.05, 0.1) is 16.0 Å². The molecule has 0 aliphatic heterocycles. The molecule has 0 saturated carbocycles. The third-order valence-corrected chi connectivity index (χ3v) is 6.81. The molecule has 142 valence electrons. The highest BCUT2D eigenvalue weighted by Gasteiger charge is 2.21. The van der Waals surface area contributed by atoms with Gasteiger partial charge in [-0.1, -0.05) is 84.6 Å². The summed E-state index contributed by atoms with van der Waals surface area (Å²) in [5.74, 6) is 1.48. The number of para-hydroxylation sites is 1. The van der Waals surface area contributed by atoms with Crippen LogP contribution in [0.5, 0.6) is 0 Å². The topological polar surface area (TPSA) is 56.5 Å². The number of nitrogens with zero attached hydrogens (tertiary/aromatic N) is 5. The molecular formula is C22H17N5S2. The van der Waals surface area contributed by atoms with Gasteiger partial charge in [0.25, 0.3) is 0 Å². The molecule has 0 aliphatic rings. The van der Waals surface area contributed by atoms with Crippen molar-refractivity contribution >= 4 is 33.3 Å². The van der Waals surface area contributed by atoms with Crippen molar-refractivity contribution < 1.29 is 0 Å². The third kappa shape index (κ3) is 3.79. The first kappa shape index (κ1) is 18.0. The molecular weight excluding hydrogens is 398 g/mol. The molecule has 29 heavy (non-hydrogen) atoms. The number of aromatic nitrogens is 5. The Morgan fingerprint density at radius 3 is 2.17 bits per heavy atom. The molecule has 2 aromatic heterocycles. The number of tetrazole rings is 1. The maximum atomic E-state index is 4.71. The fourth-order valence-electron chi connectivity index (χ4n) is 3.29. The molecule has 2 heterocycles. The molecule has 0 radical (unpaired) electrons. The van der Waals surface area contributed by atoms with Crippen molar-refractivity contribution in [2.24, 2.45) is 0 Å². The van der Waals surface area contributed by atoms with Crippen molar-refractivity contribution in [3.05, 3.63) is 102 Å². The molecule has 5 nitrogen and oxygen atoms in total. The lowest BCUT2D eigenvalue weighted by Gasteiger charge is -2.19. The van der Waals surface area contributed by atoms with Gasteiger partial charge in [-0.2, -0.15) is 0 Å². The van der Waals surface area contributed by atoms with Crippen LogP contribution in [0.1, 0.15) is 23.0 Å². The maximum absolute atomic E-state index is 4.71. The Morgan fingerprint density at radius 2 is 1.48 bits per heavy atom. The molecule has 0 amide bonds. The number of thiazole rings is 1. The zero-order chi connectivity index (χ0) is 19.5. The van der Waals surface area contributed by atoms with Crippen LogP contribution in [0, 0.1) is 0 Å². The predicted molar refractivity (Wildman–Crippen MR) is 117 cm³/mol. The fourth-order valence-corrected chi connectivity index (χ4v) is 5.28. The lowest BCUT2D eigenvalue weighted by molar-refractivity contribution is 0.556. The SMILES string of the molecule is c1ccc(C(c2ccccc2)n2nnnc2CSc2nc3ccccc3s2)cc1. The van der Waals surface area contributed by atoms with Gasteiger partial charge in [-0.25, -0.2) is 9.67 Å². The van der Waals surface area contributed by atoms with E-state index in [4.69, 9.17) is 4.98 Å². The predicted octanol–water partition coefficient (Wildman–Crippen LogP) is 5.21.